The predicted molar refractivity (Wildman–Crippen MR) is 95.8 cm³/mol. The molecule has 1 spiro atoms. The van der Waals surface area contributed by atoms with Gasteiger partial charge in [0.05, 0.1) is 17.1 Å². The summed E-state index contributed by atoms with van der Waals surface area (Å²) in [7, 11) is 0. The van der Waals surface area contributed by atoms with Gasteiger partial charge in [-0.3, -0.25) is 9.59 Å². The molecule has 0 aromatic carbocycles. The second-order valence-electron chi connectivity index (χ2n) is 7.94. The Kier molecular flexibility index (Phi) is 4.55. The standard InChI is InChI=1S/C19H19F5N4O2/c1-2-11(16(30)28-4-3-17(9-28)8-18(17,20)21)27-15(29)12-5-10-6-14(19(22,23)24)25-7-13(10)26-12/h5-7,11,26H,2-4,8-9H2,1H3,(H,27,29)/t11-,17-/m0/s1. The molecule has 1 saturated heterocycles. The maximum absolute atomic E-state index is 13.6. The number of fused-ring (bicyclic) bond motifs is 1. The van der Waals surface area contributed by atoms with Crippen molar-refractivity contribution in [2.45, 2.75) is 44.3 Å². The largest absolute Gasteiger partial charge is 0.433 e. The van der Waals surface area contributed by atoms with Crippen LogP contribution in [-0.2, 0) is 11.0 Å². The van der Waals surface area contributed by atoms with Crippen LogP contribution in [0.1, 0.15) is 42.4 Å². The number of nitrogens with one attached hydrogen (secondary N) is 2. The van der Waals surface area contributed by atoms with E-state index >= 15 is 0 Å². The molecule has 2 amide bonds. The van der Waals surface area contributed by atoms with Gasteiger partial charge in [-0.05, 0) is 25.0 Å². The minimum atomic E-state index is -4.61. The second-order valence-corrected chi connectivity index (χ2v) is 7.94. The zero-order valence-electron chi connectivity index (χ0n) is 15.9. The van der Waals surface area contributed by atoms with Crippen molar-refractivity contribution in [3.63, 3.8) is 0 Å². The second kappa shape index (κ2) is 6.64. The van der Waals surface area contributed by atoms with Gasteiger partial charge in [0.1, 0.15) is 17.4 Å². The van der Waals surface area contributed by atoms with Gasteiger partial charge >= 0.3 is 6.18 Å². The molecule has 6 nitrogen and oxygen atoms in total. The molecule has 1 saturated carbocycles. The van der Waals surface area contributed by atoms with Gasteiger partial charge in [-0.25, -0.2) is 13.8 Å². The molecule has 1 aliphatic heterocycles. The van der Waals surface area contributed by atoms with Crippen LogP contribution in [0.4, 0.5) is 22.0 Å². The molecule has 0 unspecified atom stereocenters. The Morgan fingerprint density at radius 2 is 2.03 bits per heavy atom. The molecular weight excluding hydrogens is 411 g/mol. The summed E-state index contributed by atoms with van der Waals surface area (Å²) >= 11 is 0. The molecule has 162 valence electrons. The molecule has 0 radical (unpaired) electrons. The molecule has 11 heteroatoms. The van der Waals surface area contributed by atoms with E-state index in [9.17, 15) is 31.5 Å². The number of H-pyrrole nitrogens is 1. The maximum atomic E-state index is 13.6. The number of aromatic amines is 1. The summed E-state index contributed by atoms with van der Waals surface area (Å²) in [4.78, 5) is 32.6. The van der Waals surface area contributed by atoms with Crippen LogP contribution in [0.2, 0.25) is 0 Å². The van der Waals surface area contributed by atoms with Crippen molar-refractivity contribution >= 4 is 22.7 Å². The highest BCUT2D eigenvalue weighted by Crippen LogP contribution is 2.65. The number of pyridine rings is 1. The third-order valence-electron chi connectivity index (χ3n) is 5.93. The molecule has 3 heterocycles. The molecule has 2 aliphatic rings. The van der Waals surface area contributed by atoms with Crippen molar-refractivity contribution in [1.82, 2.24) is 20.2 Å². The topological polar surface area (TPSA) is 78.1 Å². The molecule has 30 heavy (non-hydrogen) atoms. The van der Waals surface area contributed by atoms with Gasteiger partial charge in [-0.2, -0.15) is 13.2 Å². The zero-order valence-corrected chi connectivity index (χ0v) is 15.9. The average molecular weight is 430 g/mol. The highest BCUT2D eigenvalue weighted by Gasteiger charge is 2.73. The number of amides is 2. The van der Waals surface area contributed by atoms with Crippen molar-refractivity contribution in [3.05, 3.63) is 29.7 Å². The van der Waals surface area contributed by atoms with Crippen LogP contribution in [0, 0.1) is 5.41 Å². The third-order valence-corrected chi connectivity index (χ3v) is 5.93. The van der Waals surface area contributed by atoms with Gasteiger partial charge in [-0.15, -0.1) is 0 Å². The monoisotopic (exact) mass is 430 g/mol. The molecule has 2 N–H and O–H groups in total. The Labute approximate surface area is 167 Å². The molecule has 2 atom stereocenters. The summed E-state index contributed by atoms with van der Waals surface area (Å²) in [5.74, 6) is -3.87. The van der Waals surface area contributed by atoms with E-state index in [1.807, 2.05) is 0 Å². The fourth-order valence-electron chi connectivity index (χ4n) is 3.99. The van der Waals surface area contributed by atoms with Crippen LogP contribution < -0.4 is 5.32 Å². The Hall–Kier alpha value is -2.72. The number of nitrogens with zero attached hydrogens (tertiary/aromatic N) is 2. The van der Waals surface area contributed by atoms with Crippen molar-refractivity contribution in [2.75, 3.05) is 13.1 Å². The molecule has 4 rings (SSSR count). The number of halogens is 5. The van der Waals surface area contributed by atoms with Crippen LogP contribution >= 0.6 is 0 Å². The van der Waals surface area contributed by atoms with E-state index in [2.05, 4.69) is 15.3 Å². The van der Waals surface area contributed by atoms with E-state index in [1.165, 1.54) is 11.0 Å². The summed E-state index contributed by atoms with van der Waals surface area (Å²) in [6, 6.07) is 1.15. The first-order valence-corrected chi connectivity index (χ1v) is 9.49. The van der Waals surface area contributed by atoms with E-state index in [-0.39, 0.29) is 48.9 Å². The highest BCUT2D eigenvalue weighted by atomic mass is 19.4. The minimum absolute atomic E-state index is 0.0241. The quantitative estimate of drug-likeness (QED) is 0.731. The molecule has 2 fully saturated rings. The summed E-state index contributed by atoms with van der Waals surface area (Å²) in [5, 5.41) is 2.69. The third kappa shape index (κ3) is 3.39. The Morgan fingerprint density at radius 3 is 2.60 bits per heavy atom. The van der Waals surface area contributed by atoms with Crippen molar-refractivity contribution in [3.8, 4) is 0 Å². The van der Waals surface area contributed by atoms with Crippen LogP contribution in [0.25, 0.3) is 10.9 Å². The first kappa shape index (κ1) is 20.5. The lowest BCUT2D eigenvalue weighted by Crippen LogP contribution is -2.47. The van der Waals surface area contributed by atoms with E-state index in [1.54, 1.807) is 6.92 Å². The van der Waals surface area contributed by atoms with Crippen molar-refractivity contribution in [1.29, 1.82) is 0 Å². The number of hydrogen-bond donors (Lipinski definition) is 2. The lowest BCUT2D eigenvalue weighted by atomic mass is 10.1. The van der Waals surface area contributed by atoms with Gasteiger partial charge in [0.25, 0.3) is 11.8 Å². The smallest absolute Gasteiger partial charge is 0.349 e. The maximum Gasteiger partial charge on any atom is 0.433 e. The molecule has 0 bridgehead atoms. The number of alkyl halides is 5. The van der Waals surface area contributed by atoms with Crippen LogP contribution in [0.5, 0.6) is 0 Å². The van der Waals surface area contributed by atoms with Gasteiger partial charge < -0.3 is 15.2 Å². The van der Waals surface area contributed by atoms with Crippen molar-refractivity contribution < 1.29 is 31.5 Å². The van der Waals surface area contributed by atoms with Gasteiger partial charge in [-0.1, -0.05) is 6.92 Å². The van der Waals surface area contributed by atoms with E-state index in [4.69, 9.17) is 0 Å². The van der Waals surface area contributed by atoms with Crippen LogP contribution in [0.3, 0.4) is 0 Å². The van der Waals surface area contributed by atoms with Gasteiger partial charge in [0, 0.05) is 24.9 Å². The lowest BCUT2D eigenvalue weighted by molar-refractivity contribution is -0.141. The summed E-state index contributed by atoms with van der Waals surface area (Å²) in [5.41, 5.74) is -2.00. The first-order valence-electron chi connectivity index (χ1n) is 9.49. The first-order chi connectivity index (χ1) is 14.0. The summed E-state index contributed by atoms with van der Waals surface area (Å²) < 4.78 is 65.5. The predicted octanol–water partition coefficient (Wildman–Crippen LogP) is 3.35. The molecule has 1 aliphatic carbocycles. The normalized spacial score (nSPS) is 23.7. The fourth-order valence-corrected chi connectivity index (χ4v) is 3.99. The zero-order chi connectivity index (χ0) is 21.9. The Bertz CT molecular complexity index is 1020. The number of likely N-dealkylation sites (tertiary alicyclic amines) is 1. The highest BCUT2D eigenvalue weighted by molar-refractivity contribution is 6.00. The number of carbonyl (C=O) groups is 2. The summed E-state index contributed by atoms with van der Waals surface area (Å²) in [6.07, 6.45) is -3.39. The Morgan fingerprint density at radius 1 is 1.33 bits per heavy atom. The van der Waals surface area contributed by atoms with Gasteiger partial charge in [0.2, 0.25) is 5.91 Å². The van der Waals surface area contributed by atoms with Gasteiger partial charge in [0.15, 0.2) is 0 Å². The minimum Gasteiger partial charge on any atom is -0.349 e. The number of aromatic nitrogens is 2. The lowest BCUT2D eigenvalue weighted by Gasteiger charge is -2.23. The fraction of sp³-hybridized carbons (Fsp3) is 0.526. The van der Waals surface area contributed by atoms with E-state index in [0.29, 0.717) is 0 Å². The molecule has 2 aromatic rings. The van der Waals surface area contributed by atoms with Crippen molar-refractivity contribution in [2.24, 2.45) is 5.41 Å². The van der Waals surface area contributed by atoms with E-state index in [0.717, 1.165) is 12.3 Å². The van der Waals surface area contributed by atoms with Crippen LogP contribution in [-0.4, -0.2) is 51.7 Å². The molecule has 2 aromatic heterocycles. The molecular formula is C19H19F5N4O2. The SMILES string of the molecule is CC[C@H](NC(=O)c1cc2cc(C(F)(F)F)ncc2[nH]1)C(=O)N1CC[C@@]2(C1)CC2(F)F. The number of rotatable bonds is 4. The number of hydrogen-bond acceptors (Lipinski definition) is 3. The summed E-state index contributed by atoms with van der Waals surface area (Å²) in [6.45, 7) is 1.84. The Balaban J connectivity index is 1.46. The average Bonchev–Trinajstić information content (AvgIpc) is 3.04. The van der Waals surface area contributed by atoms with Crippen LogP contribution in [0.15, 0.2) is 18.3 Å². The van der Waals surface area contributed by atoms with E-state index < -0.39 is 41.1 Å². The number of carbonyl (C=O) groups excluding carboxylic acids is 2.